The number of halogens is 1. The van der Waals surface area contributed by atoms with Crippen molar-refractivity contribution in [3.05, 3.63) is 58.3 Å². The fourth-order valence-electron chi connectivity index (χ4n) is 2.66. The second-order valence-corrected chi connectivity index (χ2v) is 5.73. The number of rotatable bonds is 2. The molecule has 1 aromatic carbocycles. The molecule has 22 heavy (non-hydrogen) atoms. The molecule has 1 fully saturated rings. The molecule has 1 aliphatic rings. The number of aromatic nitrogens is 3. The van der Waals surface area contributed by atoms with Crippen LogP contribution in [0.5, 0.6) is 0 Å². The van der Waals surface area contributed by atoms with Crippen LogP contribution in [0, 0.1) is 12.7 Å². The zero-order valence-corrected chi connectivity index (χ0v) is 12.1. The molecule has 0 spiro atoms. The lowest BCUT2D eigenvalue weighted by molar-refractivity contribution is 0.628. The maximum Gasteiger partial charge on any atom is 0.278 e. The minimum absolute atomic E-state index is 0.155. The zero-order valence-electron chi connectivity index (χ0n) is 12.1. The average molecular weight is 295 g/mol. The topological polar surface area (TPSA) is 47.8 Å². The van der Waals surface area contributed by atoms with Gasteiger partial charge in [-0.25, -0.2) is 14.4 Å². The van der Waals surface area contributed by atoms with Crippen molar-refractivity contribution >= 4 is 11.2 Å². The van der Waals surface area contributed by atoms with E-state index in [1.54, 1.807) is 22.9 Å². The van der Waals surface area contributed by atoms with Gasteiger partial charge in [0.05, 0.1) is 0 Å². The van der Waals surface area contributed by atoms with Gasteiger partial charge in [0.25, 0.3) is 5.56 Å². The minimum atomic E-state index is -0.329. The molecule has 0 bridgehead atoms. The van der Waals surface area contributed by atoms with E-state index in [0.717, 1.165) is 18.4 Å². The summed E-state index contributed by atoms with van der Waals surface area (Å²) in [6.07, 6.45) is 3.72. The third-order valence-electron chi connectivity index (χ3n) is 3.90. The summed E-state index contributed by atoms with van der Waals surface area (Å²) in [6, 6.07) is 7.99. The van der Waals surface area contributed by atoms with E-state index in [0.29, 0.717) is 22.4 Å². The first kappa shape index (κ1) is 13.1. The first-order valence-electron chi connectivity index (χ1n) is 7.28. The third-order valence-corrected chi connectivity index (χ3v) is 3.90. The van der Waals surface area contributed by atoms with Gasteiger partial charge in [0.1, 0.15) is 17.0 Å². The van der Waals surface area contributed by atoms with Crippen LogP contribution in [0.2, 0.25) is 0 Å². The number of fused-ring (bicyclic) bond motifs is 1. The quantitative estimate of drug-likeness (QED) is 0.729. The fraction of sp³-hybridized carbons (Fsp3) is 0.235. The number of hydrogen-bond acceptors (Lipinski definition) is 3. The van der Waals surface area contributed by atoms with Gasteiger partial charge < -0.3 is 0 Å². The summed E-state index contributed by atoms with van der Waals surface area (Å²) in [5.41, 5.74) is 3.15. The monoisotopic (exact) mass is 295 g/mol. The van der Waals surface area contributed by atoms with E-state index in [2.05, 4.69) is 9.97 Å². The molecule has 0 amide bonds. The lowest BCUT2D eigenvalue weighted by Crippen LogP contribution is -2.23. The molecule has 110 valence electrons. The minimum Gasteiger partial charge on any atom is -0.286 e. The molecule has 1 saturated carbocycles. The molecule has 2 heterocycles. The van der Waals surface area contributed by atoms with E-state index in [-0.39, 0.29) is 17.4 Å². The van der Waals surface area contributed by atoms with Gasteiger partial charge in [-0.1, -0.05) is 0 Å². The highest BCUT2D eigenvalue weighted by atomic mass is 19.1. The molecule has 0 saturated heterocycles. The number of nitrogens with zero attached hydrogens (tertiary/aromatic N) is 3. The van der Waals surface area contributed by atoms with Gasteiger partial charge in [-0.2, -0.15) is 0 Å². The van der Waals surface area contributed by atoms with Gasteiger partial charge in [0.15, 0.2) is 5.65 Å². The summed E-state index contributed by atoms with van der Waals surface area (Å²) in [5.74, 6) is -0.329. The van der Waals surface area contributed by atoms with Crippen LogP contribution >= 0.6 is 0 Å². The normalized spacial score (nSPS) is 14.5. The molecule has 1 aliphatic carbocycles. The van der Waals surface area contributed by atoms with Gasteiger partial charge >= 0.3 is 0 Å². The van der Waals surface area contributed by atoms with E-state index in [1.807, 2.05) is 13.0 Å². The van der Waals surface area contributed by atoms with Crippen molar-refractivity contribution in [2.24, 2.45) is 0 Å². The van der Waals surface area contributed by atoms with E-state index in [4.69, 9.17) is 0 Å². The lowest BCUT2D eigenvalue weighted by atomic mass is 10.1. The molecule has 4 nitrogen and oxygen atoms in total. The van der Waals surface area contributed by atoms with Crippen molar-refractivity contribution in [1.82, 2.24) is 14.5 Å². The first-order chi connectivity index (χ1) is 10.6. The van der Waals surface area contributed by atoms with Crippen LogP contribution in [0.4, 0.5) is 4.39 Å². The van der Waals surface area contributed by atoms with Gasteiger partial charge in [0.2, 0.25) is 0 Å². The lowest BCUT2D eigenvalue weighted by Gasteiger charge is -2.11. The highest BCUT2D eigenvalue weighted by Crippen LogP contribution is 2.35. The Labute approximate surface area is 126 Å². The predicted octanol–water partition coefficient (Wildman–Crippen LogP) is 3.24. The standard InChI is InChI=1S/C17H14FN3O/c1-10-8-14-16(19-9-10)21(13-6-7-13)17(22)15(20-14)11-2-4-12(18)5-3-11/h2-5,8-9,13H,6-7H2,1H3. The maximum absolute atomic E-state index is 13.1. The summed E-state index contributed by atoms with van der Waals surface area (Å²) in [5, 5.41) is 0. The summed E-state index contributed by atoms with van der Waals surface area (Å²) in [4.78, 5) is 21.7. The highest BCUT2D eigenvalue weighted by Gasteiger charge is 2.28. The van der Waals surface area contributed by atoms with Crippen molar-refractivity contribution in [2.45, 2.75) is 25.8 Å². The van der Waals surface area contributed by atoms with Crippen LogP contribution in [0.25, 0.3) is 22.4 Å². The third kappa shape index (κ3) is 2.09. The molecule has 5 heteroatoms. The van der Waals surface area contributed by atoms with Crippen molar-refractivity contribution in [3.63, 3.8) is 0 Å². The molecule has 2 aromatic heterocycles. The summed E-state index contributed by atoms with van der Waals surface area (Å²) in [6.45, 7) is 1.94. The summed E-state index contributed by atoms with van der Waals surface area (Å²) in [7, 11) is 0. The van der Waals surface area contributed by atoms with Crippen LogP contribution in [-0.4, -0.2) is 14.5 Å². The van der Waals surface area contributed by atoms with Crippen LogP contribution in [0.15, 0.2) is 41.3 Å². The van der Waals surface area contributed by atoms with Gasteiger partial charge in [-0.05, 0) is 55.7 Å². The SMILES string of the molecule is Cc1cnc2c(c1)nc(-c1ccc(F)cc1)c(=O)n2C1CC1. The number of hydrogen-bond donors (Lipinski definition) is 0. The highest BCUT2D eigenvalue weighted by molar-refractivity contribution is 5.75. The maximum atomic E-state index is 13.1. The van der Waals surface area contributed by atoms with Gasteiger partial charge in [-0.15, -0.1) is 0 Å². The molecular weight excluding hydrogens is 281 g/mol. The first-order valence-corrected chi connectivity index (χ1v) is 7.28. The Morgan fingerprint density at radius 2 is 1.95 bits per heavy atom. The van der Waals surface area contributed by atoms with Crippen LogP contribution in [0.3, 0.4) is 0 Å². The Kier molecular flexibility index (Phi) is 2.82. The Morgan fingerprint density at radius 3 is 2.64 bits per heavy atom. The van der Waals surface area contributed by atoms with E-state index < -0.39 is 0 Å². The van der Waals surface area contributed by atoms with E-state index in [9.17, 15) is 9.18 Å². The molecule has 0 unspecified atom stereocenters. The predicted molar refractivity (Wildman–Crippen MR) is 82.2 cm³/mol. The van der Waals surface area contributed by atoms with Crippen LogP contribution in [0.1, 0.15) is 24.4 Å². The second kappa shape index (κ2) is 4.73. The molecular formula is C17H14FN3O. The molecule has 0 N–H and O–H groups in total. The summed E-state index contributed by atoms with van der Waals surface area (Å²) < 4.78 is 14.8. The van der Waals surface area contributed by atoms with Crippen LogP contribution in [-0.2, 0) is 0 Å². The Morgan fingerprint density at radius 1 is 1.23 bits per heavy atom. The fourth-order valence-corrected chi connectivity index (χ4v) is 2.66. The van der Waals surface area contributed by atoms with Crippen LogP contribution < -0.4 is 5.56 Å². The smallest absolute Gasteiger partial charge is 0.278 e. The molecule has 0 atom stereocenters. The summed E-state index contributed by atoms with van der Waals surface area (Å²) >= 11 is 0. The number of benzene rings is 1. The Hall–Kier alpha value is -2.56. The van der Waals surface area contributed by atoms with E-state index >= 15 is 0 Å². The largest absolute Gasteiger partial charge is 0.286 e. The average Bonchev–Trinajstić information content (AvgIpc) is 3.32. The second-order valence-electron chi connectivity index (χ2n) is 5.73. The van der Waals surface area contributed by atoms with Crippen molar-refractivity contribution in [1.29, 1.82) is 0 Å². The number of aryl methyl sites for hydroxylation is 1. The van der Waals surface area contributed by atoms with Crippen molar-refractivity contribution in [3.8, 4) is 11.3 Å². The van der Waals surface area contributed by atoms with Gasteiger partial charge in [-0.3, -0.25) is 9.36 Å². The molecule has 4 rings (SSSR count). The molecule has 0 radical (unpaired) electrons. The van der Waals surface area contributed by atoms with Crippen molar-refractivity contribution < 1.29 is 4.39 Å². The Bertz CT molecular complexity index is 927. The Balaban J connectivity index is 2.04. The van der Waals surface area contributed by atoms with Crippen molar-refractivity contribution in [2.75, 3.05) is 0 Å². The van der Waals surface area contributed by atoms with E-state index in [1.165, 1.54) is 12.1 Å². The molecule has 0 aliphatic heterocycles. The number of pyridine rings is 1. The van der Waals surface area contributed by atoms with Gasteiger partial charge in [0, 0.05) is 17.8 Å². The molecule has 3 aromatic rings. The zero-order chi connectivity index (χ0) is 15.3.